The minimum Gasteiger partial charge on any atom is -0.333 e. The topological polar surface area (TPSA) is 77.0 Å². The molecule has 0 saturated heterocycles. The summed E-state index contributed by atoms with van der Waals surface area (Å²) in [5, 5.41) is 6.72. The van der Waals surface area contributed by atoms with Gasteiger partial charge in [-0.05, 0) is 6.42 Å². The molecule has 21 heavy (non-hydrogen) atoms. The SMILES string of the molecule is CCCC(N)CC(=O)N1CCn2c(nnc2C(F)(F)F)C1. The van der Waals surface area contributed by atoms with Gasteiger partial charge in [0.05, 0.1) is 6.54 Å². The molecule has 6 nitrogen and oxygen atoms in total. The van der Waals surface area contributed by atoms with Crippen molar-refractivity contribution in [2.45, 2.75) is 51.5 Å². The van der Waals surface area contributed by atoms with Crippen molar-refractivity contribution in [3.63, 3.8) is 0 Å². The average Bonchev–Trinajstić information content (AvgIpc) is 2.81. The zero-order chi connectivity index (χ0) is 15.6. The van der Waals surface area contributed by atoms with Crippen LogP contribution in [0.15, 0.2) is 0 Å². The van der Waals surface area contributed by atoms with Crippen LogP contribution in [0.1, 0.15) is 37.8 Å². The molecule has 0 saturated carbocycles. The van der Waals surface area contributed by atoms with Gasteiger partial charge in [-0.3, -0.25) is 4.79 Å². The van der Waals surface area contributed by atoms with Crippen LogP contribution in [0, 0.1) is 0 Å². The Morgan fingerprint density at radius 2 is 2.10 bits per heavy atom. The Labute approximate surface area is 120 Å². The van der Waals surface area contributed by atoms with E-state index in [1.807, 2.05) is 6.92 Å². The number of amides is 1. The molecule has 1 atom stereocenters. The van der Waals surface area contributed by atoms with Gasteiger partial charge in [0.1, 0.15) is 0 Å². The highest BCUT2D eigenvalue weighted by molar-refractivity contribution is 5.76. The molecule has 0 radical (unpaired) electrons. The number of carbonyl (C=O) groups excluding carboxylic acids is 1. The third-order valence-electron chi connectivity index (χ3n) is 3.46. The van der Waals surface area contributed by atoms with Gasteiger partial charge in [-0.1, -0.05) is 13.3 Å². The van der Waals surface area contributed by atoms with E-state index in [4.69, 9.17) is 5.73 Å². The molecule has 1 aromatic heterocycles. The van der Waals surface area contributed by atoms with E-state index in [1.54, 1.807) is 0 Å². The number of nitrogens with zero attached hydrogens (tertiary/aromatic N) is 4. The summed E-state index contributed by atoms with van der Waals surface area (Å²) in [6.07, 6.45) is -2.69. The number of carbonyl (C=O) groups is 1. The van der Waals surface area contributed by atoms with E-state index in [-0.39, 0.29) is 43.8 Å². The molecule has 1 aliphatic rings. The van der Waals surface area contributed by atoms with E-state index < -0.39 is 12.0 Å². The van der Waals surface area contributed by atoms with Crippen LogP contribution in [0.2, 0.25) is 0 Å². The van der Waals surface area contributed by atoms with Crippen LogP contribution in [0.25, 0.3) is 0 Å². The van der Waals surface area contributed by atoms with Gasteiger partial charge in [0, 0.05) is 25.6 Å². The van der Waals surface area contributed by atoms with Gasteiger partial charge >= 0.3 is 6.18 Å². The number of aromatic nitrogens is 3. The normalized spacial score (nSPS) is 16.7. The maximum absolute atomic E-state index is 12.7. The first-order chi connectivity index (χ1) is 9.82. The summed E-state index contributed by atoms with van der Waals surface area (Å²) in [6.45, 7) is 2.28. The first kappa shape index (κ1) is 15.7. The molecule has 2 rings (SSSR count). The van der Waals surface area contributed by atoms with Gasteiger partial charge in [-0.15, -0.1) is 10.2 Å². The molecule has 0 bridgehead atoms. The molecule has 0 spiro atoms. The van der Waals surface area contributed by atoms with Crippen molar-refractivity contribution in [1.82, 2.24) is 19.7 Å². The maximum Gasteiger partial charge on any atom is 0.451 e. The lowest BCUT2D eigenvalue weighted by Gasteiger charge is -2.28. The second kappa shape index (κ2) is 6.00. The highest BCUT2D eigenvalue weighted by Gasteiger charge is 2.39. The predicted molar refractivity (Wildman–Crippen MR) is 67.9 cm³/mol. The predicted octanol–water partition coefficient (Wildman–Crippen LogP) is 1.16. The Balaban J connectivity index is 2.03. The van der Waals surface area contributed by atoms with Crippen molar-refractivity contribution in [1.29, 1.82) is 0 Å². The minimum absolute atomic E-state index is 0.0424. The molecule has 0 aliphatic carbocycles. The van der Waals surface area contributed by atoms with Gasteiger partial charge in [0.2, 0.25) is 11.7 Å². The number of hydrogen-bond acceptors (Lipinski definition) is 4. The Kier molecular flexibility index (Phi) is 4.50. The van der Waals surface area contributed by atoms with Gasteiger partial charge < -0.3 is 15.2 Å². The molecule has 2 heterocycles. The van der Waals surface area contributed by atoms with E-state index >= 15 is 0 Å². The van der Waals surface area contributed by atoms with Crippen molar-refractivity contribution >= 4 is 5.91 Å². The van der Waals surface area contributed by atoms with E-state index in [0.717, 1.165) is 17.4 Å². The quantitative estimate of drug-likeness (QED) is 0.905. The van der Waals surface area contributed by atoms with E-state index in [0.29, 0.717) is 0 Å². The summed E-state index contributed by atoms with van der Waals surface area (Å²) in [5.74, 6) is -1.00. The number of halogens is 3. The van der Waals surface area contributed by atoms with Crippen molar-refractivity contribution < 1.29 is 18.0 Å². The first-order valence-electron chi connectivity index (χ1n) is 6.85. The third kappa shape index (κ3) is 3.52. The van der Waals surface area contributed by atoms with Crippen LogP contribution in [-0.4, -0.2) is 38.2 Å². The minimum atomic E-state index is -4.53. The molecule has 1 unspecified atom stereocenters. The van der Waals surface area contributed by atoms with Crippen LogP contribution in [0.5, 0.6) is 0 Å². The van der Waals surface area contributed by atoms with Gasteiger partial charge in [0.15, 0.2) is 5.82 Å². The fourth-order valence-electron chi connectivity index (χ4n) is 2.41. The summed E-state index contributed by atoms with van der Waals surface area (Å²) in [5.41, 5.74) is 5.82. The number of fused-ring (bicyclic) bond motifs is 1. The Hall–Kier alpha value is -1.64. The van der Waals surface area contributed by atoms with Crippen LogP contribution in [-0.2, 0) is 24.1 Å². The molecule has 1 amide bonds. The number of rotatable bonds is 4. The highest BCUT2D eigenvalue weighted by atomic mass is 19.4. The molecule has 1 aromatic rings. The maximum atomic E-state index is 12.7. The van der Waals surface area contributed by atoms with Crippen molar-refractivity contribution in [3.05, 3.63) is 11.6 Å². The molecule has 1 aliphatic heterocycles. The second-order valence-corrected chi connectivity index (χ2v) is 5.16. The Morgan fingerprint density at radius 1 is 1.38 bits per heavy atom. The lowest BCUT2D eigenvalue weighted by atomic mass is 10.1. The number of hydrogen-bond donors (Lipinski definition) is 1. The van der Waals surface area contributed by atoms with Crippen molar-refractivity contribution in [3.8, 4) is 0 Å². The van der Waals surface area contributed by atoms with Gasteiger partial charge in [0.25, 0.3) is 0 Å². The first-order valence-corrected chi connectivity index (χ1v) is 6.85. The fraction of sp³-hybridized carbons (Fsp3) is 0.750. The summed E-state index contributed by atoms with van der Waals surface area (Å²) in [4.78, 5) is 13.5. The second-order valence-electron chi connectivity index (χ2n) is 5.16. The van der Waals surface area contributed by atoms with Crippen molar-refractivity contribution in [2.24, 2.45) is 5.73 Å². The molecular weight excluding hydrogens is 287 g/mol. The van der Waals surface area contributed by atoms with Crippen LogP contribution >= 0.6 is 0 Å². The van der Waals surface area contributed by atoms with Crippen molar-refractivity contribution in [2.75, 3.05) is 6.54 Å². The molecule has 0 aromatic carbocycles. The zero-order valence-electron chi connectivity index (χ0n) is 11.7. The smallest absolute Gasteiger partial charge is 0.333 e. The van der Waals surface area contributed by atoms with Crippen LogP contribution < -0.4 is 5.73 Å². The van der Waals surface area contributed by atoms with E-state index in [1.165, 1.54) is 4.90 Å². The Bertz CT molecular complexity index is 513. The summed E-state index contributed by atoms with van der Waals surface area (Å²) < 4.78 is 39.1. The summed E-state index contributed by atoms with van der Waals surface area (Å²) in [7, 11) is 0. The molecule has 118 valence electrons. The van der Waals surface area contributed by atoms with E-state index in [9.17, 15) is 18.0 Å². The lowest BCUT2D eigenvalue weighted by molar-refractivity contribution is -0.148. The highest BCUT2D eigenvalue weighted by Crippen LogP contribution is 2.29. The monoisotopic (exact) mass is 305 g/mol. The molecule has 2 N–H and O–H groups in total. The molecule has 0 fully saturated rings. The lowest BCUT2D eigenvalue weighted by Crippen LogP contribution is -2.41. The fourth-order valence-corrected chi connectivity index (χ4v) is 2.41. The standard InChI is InChI=1S/C12H18F3N5O/c1-2-3-8(16)6-10(21)19-4-5-20-9(7-19)17-18-11(20)12(13,14)15/h8H,2-7,16H2,1H3. The summed E-state index contributed by atoms with van der Waals surface area (Å²) >= 11 is 0. The number of nitrogens with two attached hydrogens (primary N) is 1. The van der Waals surface area contributed by atoms with Crippen LogP contribution in [0.3, 0.4) is 0 Å². The summed E-state index contributed by atoms with van der Waals surface area (Å²) in [6, 6.07) is -0.215. The van der Waals surface area contributed by atoms with Gasteiger partial charge in [-0.2, -0.15) is 13.2 Å². The van der Waals surface area contributed by atoms with E-state index in [2.05, 4.69) is 10.2 Å². The third-order valence-corrected chi connectivity index (χ3v) is 3.46. The molecular formula is C12H18F3N5O. The average molecular weight is 305 g/mol. The molecule has 9 heteroatoms. The largest absolute Gasteiger partial charge is 0.451 e. The zero-order valence-corrected chi connectivity index (χ0v) is 11.7. The Morgan fingerprint density at radius 3 is 2.71 bits per heavy atom. The van der Waals surface area contributed by atoms with Crippen LogP contribution in [0.4, 0.5) is 13.2 Å². The van der Waals surface area contributed by atoms with Gasteiger partial charge in [-0.25, -0.2) is 0 Å². The number of alkyl halides is 3.